The molecule has 1 saturated heterocycles. The van der Waals surface area contributed by atoms with Crippen LogP contribution in [-0.4, -0.2) is 75.3 Å². The predicted octanol–water partition coefficient (Wildman–Crippen LogP) is 3.47. The number of methoxy groups -OCH3 is 1. The van der Waals surface area contributed by atoms with E-state index >= 15 is 0 Å². The van der Waals surface area contributed by atoms with Crippen molar-refractivity contribution < 1.29 is 9.47 Å². The van der Waals surface area contributed by atoms with Gasteiger partial charge in [-0.05, 0) is 71.5 Å². The number of nitrogens with one attached hydrogen (secondary N) is 1. The van der Waals surface area contributed by atoms with Crippen molar-refractivity contribution in [2.24, 2.45) is 0 Å². The maximum Gasteiger partial charge on any atom is 0.163 e. The van der Waals surface area contributed by atoms with Crippen molar-refractivity contribution in [2.45, 2.75) is 25.7 Å². The third-order valence-corrected chi connectivity index (χ3v) is 5.20. The minimum Gasteiger partial charge on any atom is -0.493 e. The highest BCUT2D eigenvalue weighted by atomic mass is 16.5. The van der Waals surface area contributed by atoms with E-state index in [2.05, 4.69) is 34.2 Å². The summed E-state index contributed by atoms with van der Waals surface area (Å²) in [5.41, 5.74) is 2.01. The molecule has 0 aliphatic carbocycles. The largest absolute Gasteiger partial charge is 0.493 e. The molecule has 6 nitrogen and oxygen atoms in total. The molecule has 0 spiro atoms. The Kier molecular flexibility index (Phi) is 7.74. The van der Waals surface area contributed by atoms with Gasteiger partial charge in [-0.15, -0.1) is 0 Å². The zero-order valence-electron chi connectivity index (χ0n) is 17.5. The van der Waals surface area contributed by atoms with E-state index in [1.807, 2.05) is 24.4 Å². The Labute approximate surface area is 168 Å². The first kappa shape index (κ1) is 20.7. The first-order valence-corrected chi connectivity index (χ1v) is 10.4. The number of likely N-dealkylation sites (tertiary alicyclic amines) is 1. The van der Waals surface area contributed by atoms with Crippen LogP contribution in [0.2, 0.25) is 0 Å². The summed E-state index contributed by atoms with van der Waals surface area (Å²) in [6.07, 6.45) is 6.63. The van der Waals surface area contributed by atoms with Crippen molar-refractivity contribution in [1.82, 2.24) is 14.8 Å². The number of benzene rings is 1. The molecule has 154 valence electrons. The Morgan fingerprint density at radius 3 is 2.71 bits per heavy atom. The van der Waals surface area contributed by atoms with Crippen molar-refractivity contribution in [3.63, 3.8) is 0 Å². The smallest absolute Gasteiger partial charge is 0.163 e. The van der Waals surface area contributed by atoms with Gasteiger partial charge in [0.05, 0.1) is 19.2 Å². The van der Waals surface area contributed by atoms with Gasteiger partial charge in [0.25, 0.3) is 0 Å². The first-order chi connectivity index (χ1) is 13.7. The van der Waals surface area contributed by atoms with E-state index in [-0.39, 0.29) is 0 Å². The van der Waals surface area contributed by atoms with Crippen LogP contribution in [0.4, 0.5) is 5.69 Å². The van der Waals surface area contributed by atoms with Gasteiger partial charge in [0.1, 0.15) is 0 Å². The molecule has 6 heteroatoms. The Morgan fingerprint density at radius 1 is 1.14 bits per heavy atom. The van der Waals surface area contributed by atoms with Gasteiger partial charge in [-0.25, -0.2) is 0 Å². The molecule has 0 unspecified atom stereocenters. The van der Waals surface area contributed by atoms with E-state index in [1.165, 1.54) is 25.9 Å². The van der Waals surface area contributed by atoms with E-state index in [1.54, 1.807) is 7.11 Å². The molecule has 1 N–H and O–H groups in total. The molecule has 3 rings (SSSR count). The van der Waals surface area contributed by atoms with E-state index in [0.717, 1.165) is 60.6 Å². The van der Waals surface area contributed by atoms with Crippen LogP contribution in [0.1, 0.15) is 25.7 Å². The average Bonchev–Trinajstić information content (AvgIpc) is 3.21. The minimum absolute atomic E-state index is 0.695. The van der Waals surface area contributed by atoms with Gasteiger partial charge in [-0.2, -0.15) is 0 Å². The van der Waals surface area contributed by atoms with Gasteiger partial charge < -0.3 is 24.6 Å². The number of fused-ring (bicyclic) bond motifs is 1. The van der Waals surface area contributed by atoms with E-state index in [4.69, 9.17) is 9.47 Å². The summed E-state index contributed by atoms with van der Waals surface area (Å²) < 4.78 is 11.6. The van der Waals surface area contributed by atoms with Gasteiger partial charge >= 0.3 is 0 Å². The second kappa shape index (κ2) is 10.5. The van der Waals surface area contributed by atoms with Gasteiger partial charge in [-0.3, -0.25) is 4.98 Å². The molecule has 0 amide bonds. The first-order valence-electron chi connectivity index (χ1n) is 10.4. The lowest BCUT2D eigenvalue weighted by Crippen LogP contribution is -2.21. The highest BCUT2D eigenvalue weighted by Gasteiger charge is 2.13. The third-order valence-electron chi connectivity index (χ3n) is 5.20. The monoisotopic (exact) mass is 386 g/mol. The molecule has 28 heavy (non-hydrogen) atoms. The predicted molar refractivity (Wildman–Crippen MR) is 116 cm³/mol. The molecule has 1 aromatic heterocycles. The Bertz CT molecular complexity index is 745. The molecule has 2 heterocycles. The lowest BCUT2D eigenvalue weighted by Gasteiger charge is -2.16. The molecule has 1 aliphatic rings. The zero-order valence-corrected chi connectivity index (χ0v) is 17.5. The van der Waals surface area contributed by atoms with Crippen LogP contribution in [0, 0.1) is 0 Å². The van der Waals surface area contributed by atoms with E-state index in [0.29, 0.717) is 6.61 Å². The standard InChI is InChI=1S/C22H34N4O2/c1-25(2)11-6-9-23-19-8-10-24-20-17-22(21(27-3)16-18(19)20)28-15-7-14-26-12-4-5-13-26/h8,10,16-17H,4-7,9,11-15H2,1-3H3,(H,23,24). The van der Waals surface area contributed by atoms with Gasteiger partial charge in [0.15, 0.2) is 11.5 Å². The molecule has 1 fully saturated rings. The fourth-order valence-corrected chi connectivity index (χ4v) is 3.67. The number of rotatable bonds is 11. The van der Waals surface area contributed by atoms with Crippen molar-refractivity contribution >= 4 is 16.6 Å². The van der Waals surface area contributed by atoms with Crippen LogP contribution in [0.15, 0.2) is 24.4 Å². The van der Waals surface area contributed by atoms with Crippen molar-refractivity contribution in [1.29, 1.82) is 0 Å². The molecule has 1 aromatic carbocycles. The third kappa shape index (κ3) is 5.72. The second-order valence-corrected chi connectivity index (χ2v) is 7.71. The van der Waals surface area contributed by atoms with E-state index in [9.17, 15) is 0 Å². The van der Waals surface area contributed by atoms with Crippen LogP contribution >= 0.6 is 0 Å². The summed E-state index contributed by atoms with van der Waals surface area (Å²) >= 11 is 0. The normalized spacial score (nSPS) is 14.7. The number of aromatic nitrogens is 1. The van der Waals surface area contributed by atoms with Crippen molar-refractivity contribution in [3.8, 4) is 11.5 Å². The zero-order chi connectivity index (χ0) is 19.8. The highest BCUT2D eigenvalue weighted by Crippen LogP contribution is 2.34. The Hall–Kier alpha value is -2.05. The van der Waals surface area contributed by atoms with Gasteiger partial charge in [0.2, 0.25) is 0 Å². The molecule has 1 aliphatic heterocycles. The van der Waals surface area contributed by atoms with Crippen LogP contribution in [0.5, 0.6) is 11.5 Å². The highest BCUT2D eigenvalue weighted by molar-refractivity contribution is 5.93. The number of pyridine rings is 1. The SMILES string of the molecule is COc1cc2c(NCCCN(C)C)ccnc2cc1OCCCN1CCCC1. The summed E-state index contributed by atoms with van der Waals surface area (Å²) in [7, 11) is 5.89. The lowest BCUT2D eigenvalue weighted by molar-refractivity contribution is 0.254. The van der Waals surface area contributed by atoms with Crippen LogP contribution in [0.3, 0.4) is 0 Å². The van der Waals surface area contributed by atoms with Crippen LogP contribution in [-0.2, 0) is 0 Å². The fraction of sp³-hybridized carbons (Fsp3) is 0.591. The Morgan fingerprint density at radius 2 is 1.96 bits per heavy atom. The summed E-state index contributed by atoms with van der Waals surface area (Å²) in [6, 6.07) is 6.05. The van der Waals surface area contributed by atoms with Crippen molar-refractivity contribution in [2.75, 3.05) is 65.9 Å². The maximum atomic E-state index is 6.04. The summed E-state index contributed by atoms with van der Waals surface area (Å²) in [5.74, 6) is 1.53. The number of hydrogen-bond donors (Lipinski definition) is 1. The summed E-state index contributed by atoms with van der Waals surface area (Å²) in [4.78, 5) is 9.24. The number of hydrogen-bond acceptors (Lipinski definition) is 6. The topological polar surface area (TPSA) is 49.9 Å². The molecule has 0 radical (unpaired) electrons. The average molecular weight is 387 g/mol. The van der Waals surface area contributed by atoms with Gasteiger partial charge in [-0.1, -0.05) is 0 Å². The minimum atomic E-state index is 0.695. The maximum absolute atomic E-state index is 6.04. The quantitative estimate of drug-likeness (QED) is 0.597. The van der Waals surface area contributed by atoms with E-state index < -0.39 is 0 Å². The molecular formula is C22H34N4O2. The molecular weight excluding hydrogens is 352 g/mol. The fourth-order valence-electron chi connectivity index (χ4n) is 3.67. The van der Waals surface area contributed by atoms with Crippen LogP contribution in [0.25, 0.3) is 10.9 Å². The number of anilines is 1. The molecule has 2 aromatic rings. The molecule has 0 atom stereocenters. The lowest BCUT2D eigenvalue weighted by atomic mass is 10.1. The second-order valence-electron chi connectivity index (χ2n) is 7.71. The number of ether oxygens (including phenoxy) is 2. The van der Waals surface area contributed by atoms with Gasteiger partial charge in [0, 0.05) is 36.4 Å². The van der Waals surface area contributed by atoms with Crippen molar-refractivity contribution in [3.05, 3.63) is 24.4 Å². The summed E-state index contributed by atoms with van der Waals surface area (Å²) in [5, 5.41) is 4.59. The number of nitrogens with zero attached hydrogens (tertiary/aromatic N) is 3. The molecule has 0 bridgehead atoms. The Balaban J connectivity index is 1.63. The summed E-state index contributed by atoms with van der Waals surface area (Å²) in [6.45, 7) is 6.25. The van der Waals surface area contributed by atoms with Crippen LogP contribution < -0.4 is 14.8 Å². The molecule has 0 saturated carbocycles.